The van der Waals surface area contributed by atoms with Gasteiger partial charge in [-0.3, -0.25) is 0 Å². The molecule has 0 atom stereocenters. The lowest BCUT2D eigenvalue weighted by molar-refractivity contribution is 0.0667. The van der Waals surface area contributed by atoms with Crippen molar-refractivity contribution >= 4 is 5.96 Å². The molecule has 2 fully saturated rings. The number of morpholine rings is 1. The van der Waals surface area contributed by atoms with Crippen molar-refractivity contribution in [3.8, 4) is 0 Å². The van der Waals surface area contributed by atoms with E-state index in [2.05, 4.69) is 87.3 Å². The van der Waals surface area contributed by atoms with Crippen LogP contribution in [0.2, 0.25) is 0 Å². The molecule has 3 aliphatic heterocycles. The van der Waals surface area contributed by atoms with Gasteiger partial charge in [0.15, 0.2) is 0 Å². The van der Waals surface area contributed by atoms with E-state index in [9.17, 15) is 0 Å². The summed E-state index contributed by atoms with van der Waals surface area (Å²) in [5.41, 5.74) is 4.90. The van der Waals surface area contributed by atoms with Gasteiger partial charge in [0.05, 0.1) is 25.0 Å². The van der Waals surface area contributed by atoms with Gasteiger partial charge in [-0.1, -0.05) is 60.7 Å². The molecular formula is C26H29N5O. The number of hydrogen-bond acceptors (Lipinski definition) is 6. The number of guanidine groups is 1. The van der Waals surface area contributed by atoms with Crippen LogP contribution in [0, 0.1) is 0 Å². The van der Waals surface area contributed by atoms with Crippen molar-refractivity contribution in [1.82, 2.24) is 20.4 Å². The maximum absolute atomic E-state index is 5.57. The fourth-order valence-electron chi connectivity index (χ4n) is 4.66. The highest BCUT2D eigenvalue weighted by Gasteiger charge is 2.36. The highest BCUT2D eigenvalue weighted by atomic mass is 16.5. The molecule has 0 bridgehead atoms. The van der Waals surface area contributed by atoms with Crippen molar-refractivity contribution in [2.45, 2.75) is 24.9 Å². The summed E-state index contributed by atoms with van der Waals surface area (Å²) in [6.45, 7) is 4.10. The first-order chi connectivity index (χ1) is 15.8. The number of benzene rings is 2. The van der Waals surface area contributed by atoms with E-state index in [0.29, 0.717) is 6.04 Å². The summed E-state index contributed by atoms with van der Waals surface area (Å²) in [6.07, 6.45) is 4.87. The van der Waals surface area contributed by atoms with E-state index in [1.165, 1.54) is 35.2 Å². The summed E-state index contributed by atoms with van der Waals surface area (Å²) in [7, 11) is 0. The first-order valence-corrected chi connectivity index (χ1v) is 11.6. The summed E-state index contributed by atoms with van der Waals surface area (Å²) in [5.74, 6) is 1.89. The molecule has 2 aromatic rings. The lowest BCUT2D eigenvalue weighted by atomic mass is 9.98. The van der Waals surface area contributed by atoms with Crippen LogP contribution in [-0.4, -0.2) is 54.6 Å². The molecule has 0 amide bonds. The van der Waals surface area contributed by atoms with Gasteiger partial charge in [0.25, 0.3) is 0 Å². The zero-order valence-electron chi connectivity index (χ0n) is 18.2. The molecule has 0 aromatic heterocycles. The molecule has 164 valence electrons. The van der Waals surface area contributed by atoms with Crippen molar-refractivity contribution in [2.24, 2.45) is 4.99 Å². The third kappa shape index (κ3) is 3.86. The summed E-state index contributed by atoms with van der Waals surface area (Å²) >= 11 is 0. The molecule has 2 N–H and O–H groups in total. The van der Waals surface area contributed by atoms with Crippen LogP contribution in [0.4, 0.5) is 0 Å². The van der Waals surface area contributed by atoms with Crippen LogP contribution in [0.15, 0.2) is 88.9 Å². The van der Waals surface area contributed by atoms with Gasteiger partial charge in [0.1, 0.15) is 5.82 Å². The molecule has 1 aliphatic carbocycles. The normalized spacial score (nSPS) is 20.7. The van der Waals surface area contributed by atoms with Gasteiger partial charge in [-0.2, -0.15) is 4.99 Å². The Balaban J connectivity index is 1.38. The molecule has 4 aliphatic rings. The second-order valence-electron chi connectivity index (χ2n) is 8.83. The largest absolute Gasteiger partial charge is 0.378 e. The Labute approximate surface area is 189 Å². The van der Waals surface area contributed by atoms with Crippen LogP contribution >= 0.6 is 0 Å². The summed E-state index contributed by atoms with van der Waals surface area (Å²) in [5, 5.41) is 7.46. The maximum Gasteiger partial charge on any atom is 0.205 e. The predicted octanol–water partition coefficient (Wildman–Crippen LogP) is 3.19. The number of fused-ring (bicyclic) bond motifs is 1. The number of ether oxygens (including phenoxy) is 1. The Hall–Kier alpha value is -3.25. The Kier molecular flexibility index (Phi) is 5.07. The number of aliphatic imine (C=N–C) groups is 1. The SMILES string of the molecule is C1=C2NC(N3CCOCC3)=NC(NC(c3ccccc3)c3ccccc3)=C2CN1C1CC1. The lowest BCUT2D eigenvalue weighted by Crippen LogP contribution is -2.48. The maximum atomic E-state index is 5.57. The van der Waals surface area contributed by atoms with E-state index >= 15 is 0 Å². The first-order valence-electron chi connectivity index (χ1n) is 11.6. The topological polar surface area (TPSA) is 52.1 Å². The molecule has 2 aromatic carbocycles. The second-order valence-corrected chi connectivity index (χ2v) is 8.83. The van der Waals surface area contributed by atoms with Crippen LogP contribution in [0.5, 0.6) is 0 Å². The Morgan fingerprint density at radius 2 is 1.59 bits per heavy atom. The average Bonchev–Trinajstić information content (AvgIpc) is 3.62. The average molecular weight is 428 g/mol. The zero-order chi connectivity index (χ0) is 21.3. The molecule has 1 saturated heterocycles. The summed E-state index contributed by atoms with van der Waals surface area (Å²) in [4.78, 5) is 9.89. The van der Waals surface area contributed by atoms with Gasteiger partial charge >= 0.3 is 0 Å². The molecule has 6 heteroatoms. The Bertz CT molecular complexity index is 1010. The number of hydrogen-bond donors (Lipinski definition) is 2. The van der Waals surface area contributed by atoms with Gasteiger partial charge in [-0.25, -0.2) is 0 Å². The monoisotopic (exact) mass is 427 g/mol. The van der Waals surface area contributed by atoms with Crippen LogP contribution in [-0.2, 0) is 4.74 Å². The van der Waals surface area contributed by atoms with Crippen LogP contribution in [0.25, 0.3) is 0 Å². The van der Waals surface area contributed by atoms with E-state index in [1.54, 1.807) is 0 Å². The van der Waals surface area contributed by atoms with Gasteiger partial charge in [0, 0.05) is 37.4 Å². The van der Waals surface area contributed by atoms with Crippen molar-refractivity contribution < 1.29 is 4.74 Å². The highest BCUT2D eigenvalue weighted by molar-refractivity contribution is 5.85. The van der Waals surface area contributed by atoms with Crippen LogP contribution < -0.4 is 10.6 Å². The lowest BCUT2D eigenvalue weighted by Gasteiger charge is -2.33. The molecule has 6 rings (SSSR count). The minimum absolute atomic E-state index is 0.0314. The van der Waals surface area contributed by atoms with Crippen LogP contribution in [0.1, 0.15) is 30.0 Å². The number of nitrogens with one attached hydrogen (secondary N) is 2. The molecule has 32 heavy (non-hydrogen) atoms. The third-order valence-electron chi connectivity index (χ3n) is 6.58. The molecule has 0 spiro atoms. The van der Waals surface area contributed by atoms with E-state index in [4.69, 9.17) is 9.73 Å². The zero-order valence-corrected chi connectivity index (χ0v) is 18.2. The highest BCUT2D eigenvalue weighted by Crippen LogP contribution is 2.35. The number of nitrogens with zero attached hydrogens (tertiary/aromatic N) is 3. The van der Waals surface area contributed by atoms with Gasteiger partial charge in [0.2, 0.25) is 5.96 Å². The number of rotatable bonds is 5. The van der Waals surface area contributed by atoms with Crippen molar-refractivity contribution in [1.29, 1.82) is 0 Å². The van der Waals surface area contributed by atoms with Crippen molar-refractivity contribution in [2.75, 3.05) is 32.8 Å². The third-order valence-corrected chi connectivity index (χ3v) is 6.58. The second kappa shape index (κ2) is 8.36. The molecule has 0 unspecified atom stereocenters. The van der Waals surface area contributed by atoms with Gasteiger partial charge in [-0.15, -0.1) is 0 Å². The summed E-state index contributed by atoms with van der Waals surface area (Å²) < 4.78 is 5.57. The minimum atomic E-state index is 0.0314. The van der Waals surface area contributed by atoms with Crippen molar-refractivity contribution in [3.05, 3.63) is 95.1 Å². The predicted molar refractivity (Wildman–Crippen MR) is 126 cm³/mol. The minimum Gasteiger partial charge on any atom is -0.378 e. The summed E-state index contributed by atoms with van der Waals surface area (Å²) in [6, 6.07) is 22.0. The molecular weight excluding hydrogens is 398 g/mol. The van der Waals surface area contributed by atoms with E-state index in [1.807, 2.05) is 0 Å². The quantitative estimate of drug-likeness (QED) is 0.768. The first kappa shape index (κ1) is 19.4. The van der Waals surface area contributed by atoms with E-state index in [-0.39, 0.29) is 6.04 Å². The molecule has 1 saturated carbocycles. The Morgan fingerprint density at radius 3 is 2.22 bits per heavy atom. The Morgan fingerprint density at radius 1 is 0.938 bits per heavy atom. The standard InChI is InChI=1S/C26H29N5O/c1-3-7-19(8-4-1)24(20-9-5-2-6-10-20)28-25-22-17-31(21-11-12-21)18-23(22)27-26(29-25)30-13-15-32-16-14-30/h1-10,18,21,24,28H,11-17H2,(H,27,29). The molecule has 3 heterocycles. The smallest absolute Gasteiger partial charge is 0.205 e. The van der Waals surface area contributed by atoms with Crippen LogP contribution in [0.3, 0.4) is 0 Å². The van der Waals surface area contributed by atoms with E-state index in [0.717, 1.165) is 44.6 Å². The van der Waals surface area contributed by atoms with Gasteiger partial charge < -0.3 is 25.2 Å². The van der Waals surface area contributed by atoms with Gasteiger partial charge in [-0.05, 0) is 24.0 Å². The van der Waals surface area contributed by atoms with Crippen molar-refractivity contribution in [3.63, 3.8) is 0 Å². The van der Waals surface area contributed by atoms with E-state index < -0.39 is 0 Å². The fourth-order valence-corrected chi connectivity index (χ4v) is 4.66. The fraction of sp³-hybridized carbons (Fsp3) is 0.346. The molecule has 0 radical (unpaired) electrons. The molecule has 6 nitrogen and oxygen atoms in total.